The third kappa shape index (κ3) is 1.58. The zero-order valence-corrected chi connectivity index (χ0v) is 7.54. The van der Waals surface area contributed by atoms with Gasteiger partial charge in [-0.15, -0.1) is 0 Å². The summed E-state index contributed by atoms with van der Waals surface area (Å²) in [5, 5.41) is 10.3. The van der Waals surface area contributed by atoms with Crippen LogP contribution < -0.4 is 11.2 Å². The molecule has 0 atom stereocenters. The number of nitro groups is 1. The highest BCUT2D eigenvalue weighted by atomic mass is 79.9. The molecule has 0 aliphatic heterocycles. The molecule has 1 aromatic rings. The number of nitrogens with zero attached hydrogens (tertiary/aromatic N) is 1. The Bertz CT molecular complexity index is 319. The van der Waals surface area contributed by atoms with Crippen LogP contribution in [0.5, 0.6) is 0 Å². The van der Waals surface area contributed by atoms with E-state index in [0.29, 0.717) is 10.2 Å². The average molecular weight is 227 g/mol. The SMILES string of the molecule is [B]c1cc([N+](=O)[O-])cc(Br)c1N. The highest BCUT2D eigenvalue weighted by molar-refractivity contribution is 9.10. The Labute approximate surface area is 78.4 Å². The number of non-ortho nitro benzene ring substituents is 1. The van der Waals surface area contributed by atoms with E-state index in [-0.39, 0.29) is 11.2 Å². The number of nitrogen functional groups attached to an aromatic ring is 1. The molecule has 2 radical (unpaired) electrons. The van der Waals surface area contributed by atoms with Crippen molar-refractivity contribution in [1.29, 1.82) is 0 Å². The molecular weight excluding hydrogens is 223 g/mol. The highest BCUT2D eigenvalue weighted by Gasteiger charge is 2.09. The first-order valence-corrected chi connectivity index (χ1v) is 3.80. The van der Waals surface area contributed by atoms with Gasteiger partial charge in [0.05, 0.1) is 4.92 Å². The minimum atomic E-state index is -0.527. The van der Waals surface area contributed by atoms with E-state index in [1.165, 1.54) is 12.1 Å². The Morgan fingerprint density at radius 2 is 2.17 bits per heavy atom. The van der Waals surface area contributed by atoms with Gasteiger partial charge in [-0.05, 0) is 15.9 Å². The largest absolute Gasteiger partial charge is 0.398 e. The lowest BCUT2D eigenvalue weighted by molar-refractivity contribution is -0.384. The fourth-order valence-corrected chi connectivity index (χ4v) is 1.19. The van der Waals surface area contributed by atoms with Crippen LogP contribution in [0.4, 0.5) is 11.4 Å². The third-order valence-electron chi connectivity index (χ3n) is 1.36. The first-order valence-electron chi connectivity index (χ1n) is 3.01. The van der Waals surface area contributed by atoms with Gasteiger partial charge in [-0.2, -0.15) is 0 Å². The van der Waals surface area contributed by atoms with Gasteiger partial charge in [0.2, 0.25) is 0 Å². The molecule has 6 heteroatoms. The van der Waals surface area contributed by atoms with Gasteiger partial charge in [0, 0.05) is 22.3 Å². The van der Waals surface area contributed by atoms with E-state index in [1.807, 2.05) is 0 Å². The van der Waals surface area contributed by atoms with Crippen LogP contribution >= 0.6 is 15.9 Å². The summed E-state index contributed by atoms with van der Waals surface area (Å²) in [6, 6.07) is 2.53. The zero-order chi connectivity index (χ0) is 9.30. The van der Waals surface area contributed by atoms with E-state index >= 15 is 0 Å². The molecule has 60 valence electrons. The summed E-state index contributed by atoms with van der Waals surface area (Å²) in [4.78, 5) is 9.78. The number of benzene rings is 1. The van der Waals surface area contributed by atoms with Crippen molar-refractivity contribution in [3.8, 4) is 0 Å². The second-order valence-electron chi connectivity index (χ2n) is 2.19. The molecule has 0 amide bonds. The van der Waals surface area contributed by atoms with Gasteiger partial charge in [-0.3, -0.25) is 10.1 Å². The second kappa shape index (κ2) is 3.14. The van der Waals surface area contributed by atoms with E-state index in [0.717, 1.165) is 0 Å². The summed E-state index contributed by atoms with van der Waals surface area (Å²) in [6.45, 7) is 0. The minimum Gasteiger partial charge on any atom is -0.398 e. The summed E-state index contributed by atoms with van der Waals surface area (Å²) in [5.41, 5.74) is 5.91. The lowest BCUT2D eigenvalue weighted by Gasteiger charge is -2.02. The number of halogens is 1. The normalized spacial score (nSPS) is 9.75. The van der Waals surface area contributed by atoms with Gasteiger partial charge in [0.1, 0.15) is 7.85 Å². The smallest absolute Gasteiger partial charge is 0.270 e. The number of nitro benzene ring substituents is 1. The molecular formula is C6H4BBrN2O2. The van der Waals surface area contributed by atoms with Gasteiger partial charge in [0.15, 0.2) is 0 Å². The van der Waals surface area contributed by atoms with Crippen LogP contribution in [0.1, 0.15) is 0 Å². The average Bonchev–Trinajstić information content (AvgIpc) is 1.99. The molecule has 12 heavy (non-hydrogen) atoms. The van der Waals surface area contributed by atoms with Crippen LogP contribution in [0.25, 0.3) is 0 Å². The molecule has 0 aliphatic rings. The molecule has 1 aromatic carbocycles. The van der Waals surface area contributed by atoms with Crippen LogP contribution in [0, 0.1) is 10.1 Å². The lowest BCUT2D eigenvalue weighted by Crippen LogP contribution is -2.11. The fraction of sp³-hybridized carbons (Fsp3) is 0. The van der Waals surface area contributed by atoms with Crippen LogP contribution in [0.3, 0.4) is 0 Å². The molecule has 0 bridgehead atoms. The minimum absolute atomic E-state index is 0.0754. The number of hydrogen-bond acceptors (Lipinski definition) is 3. The maximum Gasteiger partial charge on any atom is 0.270 e. The van der Waals surface area contributed by atoms with Crippen molar-refractivity contribution in [2.45, 2.75) is 0 Å². The van der Waals surface area contributed by atoms with Crippen LogP contribution in [-0.4, -0.2) is 12.8 Å². The van der Waals surface area contributed by atoms with E-state index in [9.17, 15) is 10.1 Å². The molecule has 0 aliphatic carbocycles. The van der Waals surface area contributed by atoms with Gasteiger partial charge >= 0.3 is 0 Å². The van der Waals surface area contributed by atoms with E-state index < -0.39 is 4.92 Å². The molecule has 1 rings (SSSR count). The molecule has 0 unspecified atom stereocenters. The maximum atomic E-state index is 10.3. The van der Waals surface area contributed by atoms with Crippen LogP contribution in [-0.2, 0) is 0 Å². The number of anilines is 1. The number of rotatable bonds is 1. The van der Waals surface area contributed by atoms with Gasteiger partial charge < -0.3 is 5.73 Å². The highest BCUT2D eigenvalue weighted by Crippen LogP contribution is 2.22. The summed E-state index contributed by atoms with van der Waals surface area (Å²) in [6.07, 6.45) is 0. The maximum absolute atomic E-state index is 10.3. The van der Waals surface area contributed by atoms with Crippen LogP contribution in [0.2, 0.25) is 0 Å². The Balaban J connectivity index is 3.31. The second-order valence-corrected chi connectivity index (χ2v) is 3.04. The quantitative estimate of drug-likeness (QED) is 0.332. The molecule has 0 spiro atoms. The fourth-order valence-electron chi connectivity index (χ4n) is 0.730. The summed E-state index contributed by atoms with van der Waals surface area (Å²) >= 11 is 3.06. The zero-order valence-electron chi connectivity index (χ0n) is 5.95. The predicted molar refractivity (Wildman–Crippen MR) is 50.6 cm³/mol. The van der Waals surface area contributed by atoms with Crippen molar-refractivity contribution in [2.75, 3.05) is 5.73 Å². The molecule has 0 heterocycles. The molecule has 4 nitrogen and oxygen atoms in total. The lowest BCUT2D eigenvalue weighted by atomic mass is 9.94. The van der Waals surface area contributed by atoms with Gasteiger partial charge in [0.25, 0.3) is 5.69 Å². The standard InChI is InChI=1S/C6H4BBrN2O2/c7-4-1-3(10(11)12)2-5(8)6(4)9/h1-2H,9H2. The molecule has 0 saturated carbocycles. The number of hydrogen-bond donors (Lipinski definition) is 1. The first kappa shape index (κ1) is 9.06. The summed E-state index contributed by atoms with van der Waals surface area (Å²) in [5.74, 6) is 0. The Kier molecular flexibility index (Phi) is 2.37. The van der Waals surface area contributed by atoms with Crippen molar-refractivity contribution in [3.63, 3.8) is 0 Å². The molecule has 0 fully saturated rings. The van der Waals surface area contributed by atoms with Crippen molar-refractivity contribution >= 4 is 40.6 Å². The van der Waals surface area contributed by atoms with Crippen LogP contribution in [0.15, 0.2) is 16.6 Å². The third-order valence-corrected chi connectivity index (χ3v) is 2.01. The van der Waals surface area contributed by atoms with Crippen molar-refractivity contribution in [2.24, 2.45) is 0 Å². The predicted octanol–water partition coefficient (Wildman–Crippen LogP) is 0.733. The summed E-state index contributed by atoms with van der Waals surface area (Å²) in [7, 11) is 5.40. The first-order chi connectivity index (χ1) is 5.52. The molecule has 0 aromatic heterocycles. The Hall–Kier alpha value is -1.04. The number of nitrogens with two attached hydrogens (primary N) is 1. The van der Waals surface area contributed by atoms with Gasteiger partial charge in [-0.25, -0.2) is 0 Å². The van der Waals surface area contributed by atoms with E-state index in [1.54, 1.807) is 0 Å². The molecule has 0 saturated heterocycles. The van der Waals surface area contributed by atoms with Crippen molar-refractivity contribution in [3.05, 3.63) is 26.7 Å². The van der Waals surface area contributed by atoms with Crippen molar-refractivity contribution < 1.29 is 4.92 Å². The molecule has 2 N–H and O–H groups in total. The Morgan fingerprint density at radius 1 is 1.58 bits per heavy atom. The topological polar surface area (TPSA) is 69.2 Å². The van der Waals surface area contributed by atoms with Crippen molar-refractivity contribution in [1.82, 2.24) is 0 Å². The monoisotopic (exact) mass is 226 g/mol. The van der Waals surface area contributed by atoms with E-state index in [2.05, 4.69) is 15.9 Å². The van der Waals surface area contributed by atoms with Gasteiger partial charge in [-0.1, -0.05) is 5.46 Å². The van der Waals surface area contributed by atoms with E-state index in [4.69, 9.17) is 13.6 Å². The Morgan fingerprint density at radius 3 is 2.58 bits per heavy atom. The summed E-state index contributed by atoms with van der Waals surface area (Å²) < 4.78 is 0.439.